The molecule has 0 aliphatic heterocycles. The molecule has 2 aromatic rings. The molecule has 1 fully saturated rings. The maximum Gasteiger partial charge on any atom is 0.224 e. The normalized spacial score (nSPS) is 22.4. The lowest BCUT2D eigenvalue weighted by molar-refractivity contribution is -0.122. The highest BCUT2D eigenvalue weighted by atomic mass is 32.1. The predicted octanol–water partition coefficient (Wildman–Crippen LogP) is 0.681. The first-order chi connectivity index (χ1) is 8.34. The highest BCUT2D eigenvalue weighted by Crippen LogP contribution is 2.45. The monoisotopic (exact) mass is 249 g/mol. The van der Waals surface area contributed by atoms with Gasteiger partial charge >= 0.3 is 0 Å². The number of nitrogens with one attached hydrogen (secondary N) is 2. The molecular weight excluding hydrogens is 238 g/mol. The lowest BCUT2D eigenvalue weighted by Crippen LogP contribution is -2.24. The second kappa shape index (κ2) is 4.25. The van der Waals surface area contributed by atoms with Crippen molar-refractivity contribution in [2.75, 3.05) is 0 Å². The van der Waals surface area contributed by atoms with Gasteiger partial charge in [0.15, 0.2) is 5.82 Å². The fourth-order valence-electron chi connectivity index (χ4n) is 1.82. The maximum absolute atomic E-state index is 11.8. The molecule has 1 aliphatic carbocycles. The molecule has 6 nitrogen and oxygen atoms in total. The van der Waals surface area contributed by atoms with Crippen LogP contribution in [0.2, 0.25) is 0 Å². The summed E-state index contributed by atoms with van der Waals surface area (Å²) >= 11 is 1.64. The molecule has 7 heteroatoms. The van der Waals surface area contributed by atoms with E-state index in [1.807, 2.05) is 17.5 Å². The van der Waals surface area contributed by atoms with E-state index in [0.29, 0.717) is 12.4 Å². The fourth-order valence-corrected chi connectivity index (χ4v) is 2.46. The van der Waals surface area contributed by atoms with E-state index >= 15 is 0 Å². The first-order valence-corrected chi connectivity index (χ1v) is 6.26. The largest absolute Gasteiger partial charge is 0.351 e. The van der Waals surface area contributed by atoms with Crippen LogP contribution in [0.25, 0.3) is 0 Å². The van der Waals surface area contributed by atoms with E-state index in [4.69, 9.17) is 0 Å². The van der Waals surface area contributed by atoms with Crippen molar-refractivity contribution in [3.8, 4) is 0 Å². The van der Waals surface area contributed by atoms with Gasteiger partial charge in [0.25, 0.3) is 0 Å². The van der Waals surface area contributed by atoms with Crippen LogP contribution in [0.1, 0.15) is 23.0 Å². The molecule has 0 aromatic carbocycles. The van der Waals surface area contributed by atoms with Gasteiger partial charge in [-0.1, -0.05) is 11.3 Å². The van der Waals surface area contributed by atoms with E-state index in [1.54, 1.807) is 11.3 Å². The molecule has 2 heterocycles. The zero-order valence-corrected chi connectivity index (χ0v) is 9.78. The highest BCUT2D eigenvalue weighted by molar-refractivity contribution is 7.09. The van der Waals surface area contributed by atoms with Crippen LogP contribution in [0.5, 0.6) is 0 Å². The van der Waals surface area contributed by atoms with Gasteiger partial charge in [0, 0.05) is 16.7 Å². The summed E-state index contributed by atoms with van der Waals surface area (Å²) in [6.45, 7) is 0.603. The lowest BCUT2D eigenvalue weighted by atomic mass is 10.3. The molecule has 1 saturated carbocycles. The van der Waals surface area contributed by atoms with Crippen LogP contribution in [0.15, 0.2) is 17.5 Å². The Morgan fingerprint density at radius 1 is 1.65 bits per heavy atom. The first-order valence-electron chi connectivity index (χ1n) is 5.38. The van der Waals surface area contributed by atoms with Gasteiger partial charge in [0.05, 0.1) is 6.54 Å². The number of hydrogen-bond acceptors (Lipinski definition) is 5. The number of carbonyl (C=O) groups is 1. The molecule has 0 radical (unpaired) electrons. The third-order valence-corrected chi connectivity index (χ3v) is 3.71. The van der Waals surface area contributed by atoms with Crippen molar-refractivity contribution in [2.24, 2.45) is 5.92 Å². The standard InChI is InChI=1S/C10H11N5OS/c16-10(11-5-6-2-1-3-17-6)8-4-7(8)9-12-14-15-13-9/h1-3,7-8H,4-5H2,(H,11,16)(H,12,13,14,15)/t7-,8+/m0/s1. The Balaban J connectivity index is 1.52. The summed E-state index contributed by atoms with van der Waals surface area (Å²) in [6.07, 6.45) is 0.815. The number of thiophene rings is 1. The summed E-state index contributed by atoms with van der Waals surface area (Å²) in [7, 11) is 0. The minimum atomic E-state index is 0.00700. The number of carbonyl (C=O) groups excluding carboxylic acids is 1. The summed E-state index contributed by atoms with van der Waals surface area (Å²) < 4.78 is 0. The van der Waals surface area contributed by atoms with Gasteiger partial charge in [-0.05, 0) is 17.9 Å². The smallest absolute Gasteiger partial charge is 0.224 e. The maximum atomic E-state index is 11.8. The summed E-state index contributed by atoms with van der Waals surface area (Å²) in [4.78, 5) is 13.0. The van der Waals surface area contributed by atoms with Crippen LogP contribution in [0, 0.1) is 5.92 Å². The average Bonchev–Trinajstić information content (AvgIpc) is 2.82. The molecule has 3 rings (SSSR count). The Hall–Kier alpha value is -1.76. The number of nitrogens with zero attached hydrogens (tertiary/aromatic N) is 3. The van der Waals surface area contributed by atoms with Crippen molar-refractivity contribution in [1.29, 1.82) is 0 Å². The van der Waals surface area contributed by atoms with Crippen LogP contribution in [0.4, 0.5) is 0 Å². The SMILES string of the molecule is O=C(NCc1cccs1)[C@@H]1C[C@@H]1c1nn[nH]n1. The number of H-pyrrole nitrogens is 1. The van der Waals surface area contributed by atoms with Gasteiger partial charge in [-0.2, -0.15) is 5.21 Å². The van der Waals surface area contributed by atoms with Crippen molar-refractivity contribution in [1.82, 2.24) is 25.9 Å². The van der Waals surface area contributed by atoms with E-state index in [9.17, 15) is 4.79 Å². The molecule has 0 spiro atoms. The Bertz CT molecular complexity index is 495. The van der Waals surface area contributed by atoms with Crippen LogP contribution in [-0.4, -0.2) is 26.5 Å². The van der Waals surface area contributed by atoms with Crippen LogP contribution < -0.4 is 5.32 Å². The van der Waals surface area contributed by atoms with Gasteiger partial charge in [-0.15, -0.1) is 21.5 Å². The second-order valence-electron chi connectivity index (χ2n) is 4.02. The zero-order chi connectivity index (χ0) is 11.7. The topological polar surface area (TPSA) is 83.6 Å². The second-order valence-corrected chi connectivity index (χ2v) is 5.05. The van der Waals surface area contributed by atoms with Crippen molar-refractivity contribution in [3.05, 3.63) is 28.2 Å². The third-order valence-electron chi connectivity index (χ3n) is 2.84. The molecule has 88 valence electrons. The number of rotatable bonds is 4. The Kier molecular flexibility index (Phi) is 2.60. The summed E-state index contributed by atoms with van der Waals surface area (Å²) in [5, 5.41) is 18.6. The first kappa shape index (κ1) is 10.4. The lowest BCUT2D eigenvalue weighted by Gasteiger charge is -2.01. The molecule has 1 aliphatic rings. The van der Waals surface area contributed by atoms with Crippen LogP contribution in [-0.2, 0) is 11.3 Å². The van der Waals surface area contributed by atoms with Gasteiger partial charge in [0.1, 0.15) is 0 Å². The van der Waals surface area contributed by atoms with Crippen LogP contribution in [0.3, 0.4) is 0 Å². The van der Waals surface area contributed by atoms with Crippen molar-refractivity contribution in [2.45, 2.75) is 18.9 Å². The van der Waals surface area contributed by atoms with E-state index in [-0.39, 0.29) is 17.7 Å². The molecule has 2 aromatic heterocycles. The predicted molar refractivity (Wildman–Crippen MR) is 61.2 cm³/mol. The van der Waals surface area contributed by atoms with Gasteiger partial charge in [-0.25, -0.2) is 0 Å². The van der Waals surface area contributed by atoms with E-state index < -0.39 is 0 Å². The number of aromatic nitrogens is 4. The zero-order valence-electron chi connectivity index (χ0n) is 8.96. The Labute approximate surface area is 101 Å². The molecule has 0 unspecified atom stereocenters. The van der Waals surface area contributed by atoms with Crippen molar-refractivity contribution < 1.29 is 4.79 Å². The number of hydrogen-bond donors (Lipinski definition) is 2. The van der Waals surface area contributed by atoms with E-state index in [0.717, 1.165) is 11.3 Å². The van der Waals surface area contributed by atoms with Gasteiger partial charge in [-0.3, -0.25) is 4.79 Å². The number of tetrazole rings is 1. The molecule has 2 atom stereocenters. The summed E-state index contributed by atoms with van der Waals surface area (Å²) in [5.41, 5.74) is 0. The summed E-state index contributed by atoms with van der Waals surface area (Å²) in [6, 6.07) is 3.99. The van der Waals surface area contributed by atoms with Crippen LogP contribution >= 0.6 is 11.3 Å². The highest BCUT2D eigenvalue weighted by Gasteiger charge is 2.46. The number of amides is 1. The minimum absolute atomic E-state index is 0.00700. The summed E-state index contributed by atoms with van der Waals surface area (Å²) in [5.74, 6) is 0.860. The minimum Gasteiger partial charge on any atom is -0.351 e. The van der Waals surface area contributed by atoms with E-state index in [2.05, 4.69) is 25.9 Å². The quantitative estimate of drug-likeness (QED) is 0.834. The fraction of sp³-hybridized carbons (Fsp3) is 0.400. The third kappa shape index (κ3) is 2.19. The number of aromatic amines is 1. The molecule has 2 N–H and O–H groups in total. The molecule has 1 amide bonds. The Morgan fingerprint density at radius 3 is 3.29 bits per heavy atom. The van der Waals surface area contributed by atoms with Crippen molar-refractivity contribution in [3.63, 3.8) is 0 Å². The van der Waals surface area contributed by atoms with Gasteiger partial charge in [0.2, 0.25) is 5.91 Å². The average molecular weight is 249 g/mol. The van der Waals surface area contributed by atoms with E-state index in [1.165, 1.54) is 0 Å². The molecule has 0 saturated heterocycles. The molecule has 0 bridgehead atoms. The van der Waals surface area contributed by atoms with Crippen molar-refractivity contribution >= 4 is 17.2 Å². The van der Waals surface area contributed by atoms with Gasteiger partial charge < -0.3 is 5.32 Å². The molecule has 17 heavy (non-hydrogen) atoms. The molecular formula is C10H11N5OS. The Morgan fingerprint density at radius 2 is 2.59 bits per heavy atom.